The summed E-state index contributed by atoms with van der Waals surface area (Å²) in [7, 11) is 3.57. The van der Waals surface area contributed by atoms with Gasteiger partial charge in [-0.3, -0.25) is 4.68 Å². The third-order valence-corrected chi connectivity index (χ3v) is 5.88. The molecule has 0 aromatic carbocycles. The molecule has 0 unspecified atom stereocenters. The highest BCUT2D eigenvalue weighted by molar-refractivity contribution is 7.22. The van der Waals surface area contributed by atoms with Gasteiger partial charge in [-0.15, -0.1) is 11.3 Å². The second-order valence-corrected chi connectivity index (χ2v) is 8.07. The molecule has 4 rings (SSSR count). The van der Waals surface area contributed by atoms with Gasteiger partial charge in [0.25, 0.3) is 0 Å². The number of rotatable bonds is 7. The molecule has 0 N–H and O–H groups in total. The van der Waals surface area contributed by atoms with Crippen LogP contribution in [0.15, 0.2) is 24.7 Å². The number of hydrogen-bond donors (Lipinski definition) is 0. The number of methoxy groups -OCH3 is 1. The number of aromatic nitrogens is 6. The maximum Gasteiger partial charge on any atom is 0.226 e. The highest BCUT2D eigenvalue weighted by Gasteiger charge is 2.21. The molecule has 0 radical (unpaired) electrons. The van der Waals surface area contributed by atoms with Gasteiger partial charge in [0.15, 0.2) is 5.82 Å². The predicted octanol–water partition coefficient (Wildman–Crippen LogP) is 3.87. The van der Waals surface area contributed by atoms with E-state index in [0.29, 0.717) is 36.8 Å². The van der Waals surface area contributed by atoms with Crippen LogP contribution in [-0.4, -0.2) is 49.6 Å². The molecule has 0 aliphatic rings. The van der Waals surface area contributed by atoms with E-state index in [0.717, 1.165) is 26.4 Å². The van der Waals surface area contributed by atoms with Crippen LogP contribution in [0.25, 0.3) is 32.4 Å². The van der Waals surface area contributed by atoms with Crippen LogP contribution in [0, 0.1) is 6.92 Å². The Morgan fingerprint density at radius 1 is 1.17 bits per heavy atom. The van der Waals surface area contributed by atoms with Crippen LogP contribution in [0.1, 0.15) is 25.5 Å². The van der Waals surface area contributed by atoms with E-state index in [4.69, 9.17) is 19.6 Å². The summed E-state index contributed by atoms with van der Waals surface area (Å²) in [4.78, 5) is 15.8. The number of thiophene rings is 1. The van der Waals surface area contributed by atoms with Crippen molar-refractivity contribution in [1.29, 1.82) is 0 Å². The summed E-state index contributed by atoms with van der Waals surface area (Å²) in [5.41, 5.74) is 2.00. The third-order valence-electron chi connectivity index (χ3n) is 4.67. The van der Waals surface area contributed by atoms with Crippen LogP contribution in [0.2, 0.25) is 0 Å². The highest BCUT2D eigenvalue weighted by atomic mass is 32.1. The molecule has 4 aromatic rings. The van der Waals surface area contributed by atoms with Gasteiger partial charge >= 0.3 is 0 Å². The molecule has 9 heteroatoms. The molecule has 0 atom stereocenters. The SMILES string of the molecule is COCCOc1nc(-c2nccn2C)nc2sc(-c3ccn(C(C)C)n3)c(C)c12. The van der Waals surface area contributed by atoms with Crippen LogP contribution in [0.4, 0.5) is 0 Å². The van der Waals surface area contributed by atoms with E-state index in [1.807, 2.05) is 34.8 Å². The van der Waals surface area contributed by atoms with E-state index in [1.165, 1.54) is 0 Å². The molecule has 0 saturated heterocycles. The smallest absolute Gasteiger partial charge is 0.226 e. The molecule has 0 amide bonds. The Labute approximate surface area is 173 Å². The third kappa shape index (κ3) is 3.63. The van der Waals surface area contributed by atoms with E-state index in [1.54, 1.807) is 24.6 Å². The van der Waals surface area contributed by atoms with Gasteiger partial charge in [0, 0.05) is 38.8 Å². The van der Waals surface area contributed by atoms with Crippen molar-refractivity contribution in [3.05, 3.63) is 30.2 Å². The molecule has 152 valence electrons. The molecular formula is C20H24N6O2S. The molecule has 0 fully saturated rings. The Bertz CT molecular complexity index is 1140. The summed E-state index contributed by atoms with van der Waals surface area (Å²) >= 11 is 1.60. The van der Waals surface area contributed by atoms with E-state index >= 15 is 0 Å². The number of ether oxygens (including phenoxy) is 2. The fourth-order valence-electron chi connectivity index (χ4n) is 3.10. The Morgan fingerprint density at radius 2 is 2.00 bits per heavy atom. The minimum atomic E-state index is 0.307. The lowest BCUT2D eigenvalue weighted by Gasteiger charge is -2.09. The Hall–Kier alpha value is -2.78. The average Bonchev–Trinajstić information content (AvgIpc) is 3.40. The van der Waals surface area contributed by atoms with E-state index < -0.39 is 0 Å². The number of nitrogens with zero attached hydrogens (tertiary/aromatic N) is 6. The maximum absolute atomic E-state index is 5.98. The summed E-state index contributed by atoms with van der Waals surface area (Å²) in [5.74, 6) is 1.78. The van der Waals surface area contributed by atoms with Crippen molar-refractivity contribution in [3.63, 3.8) is 0 Å². The minimum absolute atomic E-state index is 0.307. The maximum atomic E-state index is 5.98. The molecule has 0 saturated carbocycles. The molecule has 0 spiro atoms. The van der Waals surface area contributed by atoms with Gasteiger partial charge in [0.05, 0.1) is 16.9 Å². The lowest BCUT2D eigenvalue weighted by Crippen LogP contribution is -2.07. The molecule has 29 heavy (non-hydrogen) atoms. The second-order valence-electron chi connectivity index (χ2n) is 7.07. The van der Waals surface area contributed by atoms with Crippen LogP contribution in [-0.2, 0) is 11.8 Å². The van der Waals surface area contributed by atoms with Crippen molar-refractivity contribution in [2.45, 2.75) is 26.8 Å². The topological polar surface area (TPSA) is 79.9 Å². The minimum Gasteiger partial charge on any atom is -0.475 e. The zero-order chi connectivity index (χ0) is 20.5. The van der Waals surface area contributed by atoms with Gasteiger partial charge in [-0.1, -0.05) is 0 Å². The molecule has 4 heterocycles. The first-order valence-corrected chi connectivity index (χ1v) is 10.3. The fraction of sp³-hybridized carbons (Fsp3) is 0.400. The van der Waals surface area contributed by atoms with Crippen LogP contribution >= 0.6 is 11.3 Å². The number of fused-ring (bicyclic) bond motifs is 1. The zero-order valence-corrected chi connectivity index (χ0v) is 18.0. The molecule has 0 aliphatic heterocycles. The monoisotopic (exact) mass is 412 g/mol. The van der Waals surface area contributed by atoms with Gasteiger partial charge < -0.3 is 14.0 Å². The van der Waals surface area contributed by atoms with Gasteiger partial charge in [-0.05, 0) is 32.4 Å². The van der Waals surface area contributed by atoms with E-state index in [-0.39, 0.29) is 0 Å². The molecule has 4 aromatic heterocycles. The number of hydrogen-bond acceptors (Lipinski definition) is 7. The Balaban J connectivity index is 1.86. The van der Waals surface area contributed by atoms with Crippen molar-refractivity contribution in [2.24, 2.45) is 7.05 Å². The fourth-order valence-corrected chi connectivity index (χ4v) is 4.24. The van der Waals surface area contributed by atoms with Crippen molar-refractivity contribution in [2.75, 3.05) is 20.3 Å². The van der Waals surface area contributed by atoms with Crippen LogP contribution in [0.5, 0.6) is 5.88 Å². The largest absolute Gasteiger partial charge is 0.475 e. The highest BCUT2D eigenvalue weighted by Crippen LogP contribution is 2.41. The summed E-state index contributed by atoms with van der Waals surface area (Å²) in [5, 5.41) is 5.64. The molecule has 0 aliphatic carbocycles. The van der Waals surface area contributed by atoms with Crippen molar-refractivity contribution in [3.8, 4) is 28.1 Å². The summed E-state index contributed by atoms with van der Waals surface area (Å²) in [6, 6.07) is 2.34. The van der Waals surface area contributed by atoms with Gasteiger partial charge in [0.1, 0.15) is 17.1 Å². The summed E-state index contributed by atoms with van der Waals surface area (Å²) < 4.78 is 15.0. The first-order valence-electron chi connectivity index (χ1n) is 9.45. The molecule has 0 bridgehead atoms. The molecular weight excluding hydrogens is 388 g/mol. The average molecular weight is 413 g/mol. The van der Waals surface area contributed by atoms with Crippen LogP contribution < -0.4 is 4.74 Å². The van der Waals surface area contributed by atoms with E-state index in [2.05, 4.69) is 30.7 Å². The molecule has 8 nitrogen and oxygen atoms in total. The second kappa shape index (κ2) is 7.92. The number of aryl methyl sites for hydroxylation is 2. The van der Waals surface area contributed by atoms with Gasteiger partial charge in [-0.2, -0.15) is 10.1 Å². The van der Waals surface area contributed by atoms with Gasteiger partial charge in [0.2, 0.25) is 11.7 Å². The lowest BCUT2D eigenvalue weighted by molar-refractivity contribution is 0.144. The first kappa shape index (κ1) is 19.5. The van der Waals surface area contributed by atoms with Crippen molar-refractivity contribution < 1.29 is 9.47 Å². The summed E-state index contributed by atoms with van der Waals surface area (Å²) in [6.45, 7) is 7.19. The van der Waals surface area contributed by atoms with Crippen LogP contribution in [0.3, 0.4) is 0 Å². The predicted molar refractivity (Wildman–Crippen MR) is 113 cm³/mol. The standard InChI is InChI=1S/C20H24N6O2S/c1-12(2)26-8-6-14(24-26)16-13(3)15-19(28-11-10-27-5)22-17(23-20(15)29-16)18-21-7-9-25(18)4/h6-9,12H,10-11H2,1-5H3. The first-order chi connectivity index (χ1) is 14.0. The quantitative estimate of drug-likeness (QED) is 0.429. The van der Waals surface area contributed by atoms with Crippen molar-refractivity contribution >= 4 is 21.6 Å². The lowest BCUT2D eigenvalue weighted by atomic mass is 10.2. The normalized spacial score (nSPS) is 11.7. The van der Waals surface area contributed by atoms with Crippen molar-refractivity contribution in [1.82, 2.24) is 29.3 Å². The van der Waals surface area contributed by atoms with E-state index in [9.17, 15) is 0 Å². The number of imidazole rings is 1. The van der Waals surface area contributed by atoms with Gasteiger partial charge in [-0.25, -0.2) is 9.97 Å². The Kier molecular flexibility index (Phi) is 5.33. The summed E-state index contributed by atoms with van der Waals surface area (Å²) in [6.07, 6.45) is 5.61. The zero-order valence-electron chi connectivity index (χ0n) is 17.2. The Morgan fingerprint density at radius 3 is 2.66 bits per heavy atom.